The molecule has 3 nitrogen and oxygen atoms in total. The van der Waals surface area contributed by atoms with E-state index < -0.39 is 17.8 Å². The van der Waals surface area contributed by atoms with E-state index in [-0.39, 0.29) is 5.78 Å². The van der Waals surface area contributed by atoms with Crippen molar-refractivity contribution in [2.75, 3.05) is 0 Å². The number of Topliss-reactive ketones (excluding diaryl/α,β-unsaturated/α-hetero) is 1. The number of rotatable bonds is 5. The monoisotopic (exact) mass is 348 g/mol. The van der Waals surface area contributed by atoms with Crippen LogP contribution in [0.25, 0.3) is 0 Å². The van der Waals surface area contributed by atoms with Crippen LogP contribution in [0.1, 0.15) is 34.3 Å². The third kappa shape index (κ3) is 3.80. The van der Waals surface area contributed by atoms with Crippen molar-refractivity contribution in [2.45, 2.75) is 19.8 Å². The maximum absolute atomic E-state index is 13.1. The van der Waals surface area contributed by atoms with Crippen LogP contribution in [-0.2, 0) is 9.32 Å². The molecule has 2 aromatic carbocycles. The summed E-state index contributed by atoms with van der Waals surface area (Å²) >= 11 is 6.23. The van der Waals surface area contributed by atoms with Gasteiger partial charge in [0.15, 0.2) is 5.78 Å². The van der Waals surface area contributed by atoms with Crippen molar-refractivity contribution in [2.24, 2.45) is 5.92 Å². The van der Waals surface area contributed by atoms with Gasteiger partial charge in [-0.25, -0.2) is 0 Å². The Hall–Kier alpha value is -1.70. The third-order valence-electron chi connectivity index (χ3n) is 3.90. The summed E-state index contributed by atoms with van der Waals surface area (Å²) in [7, 11) is 1.94. The maximum Gasteiger partial charge on any atom is 0.311 e. The van der Waals surface area contributed by atoms with E-state index in [2.05, 4.69) is 0 Å². The van der Waals surface area contributed by atoms with Gasteiger partial charge in [0, 0.05) is 5.56 Å². The summed E-state index contributed by atoms with van der Waals surface area (Å²) in [5.41, 5.74) is 2.00. The summed E-state index contributed by atoms with van der Waals surface area (Å²) in [5, 5.41) is 0.391. The quantitative estimate of drug-likeness (QED) is 0.586. The van der Waals surface area contributed by atoms with Gasteiger partial charge in [0.2, 0.25) is 0 Å². The molecule has 2 rings (SSSR count). The molecule has 0 N–H and O–H groups in total. The van der Waals surface area contributed by atoms with Crippen molar-refractivity contribution < 1.29 is 14.1 Å². The molecular formula is C18H18ClO3P. The first-order chi connectivity index (χ1) is 11.0. The molecule has 0 aromatic heterocycles. The summed E-state index contributed by atoms with van der Waals surface area (Å²) in [6.45, 7) is 3.52. The van der Waals surface area contributed by atoms with Crippen molar-refractivity contribution >= 4 is 32.8 Å². The number of aryl methyl sites for hydroxylation is 1. The minimum atomic E-state index is -0.650. The molecule has 23 heavy (non-hydrogen) atoms. The van der Waals surface area contributed by atoms with Crippen LogP contribution >= 0.6 is 21.1 Å². The van der Waals surface area contributed by atoms with E-state index in [4.69, 9.17) is 16.1 Å². The van der Waals surface area contributed by atoms with Gasteiger partial charge < -0.3 is 4.52 Å². The van der Waals surface area contributed by atoms with E-state index in [1.54, 1.807) is 19.1 Å². The van der Waals surface area contributed by atoms with Crippen molar-refractivity contribution in [1.82, 2.24) is 0 Å². The minimum absolute atomic E-state index is 0.179. The molecule has 0 aliphatic carbocycles. The van der Waals surface area contributed by atoms with E-state index in [9.17, 15) is 9.59 Å². The van der Waals surface area contributed by atoms with Crippen molar-refractivity contribution in [3.05, 3.63) is 70.2 Å². The van der Waals surface area contributed by atoms with Gasteiger partial charge in [0.05, 0.1) is 26.3 Å². The Bertz CT molecular complexity index is 695. The zero-order chi connectivity index (χ0) is 17.0. The highest BCUT2D eigenvalue weighted by Gasteiger charge is 2.34. The molecule has 0 saturated carbocycles. The van der Waals surface area contributed by atoms with E-state index in [1.165, 1.54) is 0 Å². The summed E-state index contributed by atoms with van der Waals surface area (Å²) in [5.74, 6) is -1.91. The molecule has 3 unspecified atom stereocenters. The predicted octanol–water partition coefficient (Wildman–Crippen LogP) is 4.58. The van der Waals surface area contributed by atoms with E-state index in [0.717, 1.165) is 11.1 Å². The highest BCUT2D eigenvalue weighted by Crippen LogP contribution is 2.33. The van der Waals surface area contributed by atoms with Crippen LogP contribution in [0, 0.1) is 12.8 Å². The molecule has 2 aromatic rings. The fourth-order valence-corrected chi connectivity index (χ4v) is 3.20. The van der Waals surface area contributed by atoms with Crippen LogP contribution in [0.2, 0.25) is 5.02 Å². The Morgan fingerprint density at radius 3 is 2.30 bits per heavy atom. The first-order valence-corrected chi connectivity index (χ1v) is 8.07. The lowest BCUT2D eigenvalue weighted by atomic mass is 9.80. The molecule has 0 radical (unpaired) electrons. The highest BCUT2D eigenvalue weighted by molar-refractivity contribution is 7.10. The van der Waals surface area contributed by atoms with Crippen LogP contribution in [0.5, 0.6) is 0 Å². The zero-order valence-electron chi connectivity index (χ0n) is 13.0. The van der Waals surface area contributed by atoms with Gasteiger partial charge >= 0.3 is 5.97 Å². The topological polar surface area (TPSA) is 43.4 Å². The molecule has 5 heteroatoms. The molecule has 0 fully saturated rings. The first kappa shape index (κ1) is 17.7. The number of benzene rings is 2. The average Bonchev–Trinajstić information content (AvgIpc) is 2.55. The highest BCUT2D eigenvalue weighted by atomic mass is 35.5. The Balaban J connectivity index is 2.54. The molecule has 3 atom stereocenters. The zero-order valence-corrected chi connectivity index (χ0v) is 14.9. The number of ketones is 1. The van der Waals surface area contributed by atoms with Crippen LogP contribution in [-0.4, -0.2) is 11.8 Å². The van der Waals surface area contributed by atoms with Crippen LogP contribution in [0.4, 0.5) is 0 Å². The molecule has 0 heterocycles. The molecule has 0 bridgehead atoms. The summed E-state index contributed by atoms with van der Waals surface area (Å²) in [6, 6.07) is 14.5. The molecule has 0 saturated heterocycles. The maximum atomic E-state index is 13.1. The lowest BCUT2D eigenvalue weighted by Crippen LogP contribution is -2.27. The lowest BCUT2D eigenvalue weighted by Gasteiger charge is -2.22. The van der Waals surface area contributed by atoms with E-state index >= 15 is 0 Å². The van der Waals surface area contributed by atoms with E-state index in [1.807, 2.05) is 52.8 Å². The van der Waals surface area contributed by atoms with Crippen LogP contribution < -0.4 is 0 Å². The Morgan fingerprint density at radius 1 is 1.09 bits per heavy atom. The van der Waals surface area contributed by atoms with Gasteiger partial charge in [-0.15, -0.1) is 0 Å². The Morgan fingerprint density at radius 2 is 1.74 bits per heavy atom. The standard InChI is InChI=1S/C18H18ClO3P/c1-11-7-6-10-14(19)15(11)17(20)16(12(2)18(21)22-23)13-8-4-3-5-9-13/h3-10,12,16H,23H2,1-2H3. The second-order valence-electron chi connectivity index (χ2n) is 5.41. The summed E-state index contributed by atoms with van der Waals surface area (Å²) in [6.07, 6.45) is 0. The largest absolute Gasteiger partial charge is 0.451 e. The van der Waals surface area contributed by atoms with E-state index in [0.29, 0.717) is 10.6 Å². The molecule has 0 aliphatic rings. The van der Waals surface area contributed by atoms with Crippen LogP contribution in [0.3, 0.4) is 0 Å². The van der Waals surface area contributed by atoms with Gasteiger partial charge in [-0.2, -0.15) is 0 Å². The van der Waals surface area contributed by atoms with Gasteiger partial charge in [0.1, 0.15) is 0 Å². The van der Waals surface area contributed by atoms with Gasteiger partial charge in [-0.05, 0) is 24.1 Å². The van der Waals surface area contributed by atoms with Gasteiger partial charge in [0.25, 0.3) is 0 Å². The fraction of sp³-hybridized carbons (Fsp3) is 0.222. The summed E-state index contributed by atoms with van der Waals surface area (Å²) < 4.78 is 4.75. The minimum Gasteiger partial charge on any atom is -0.451 e. The van der Waals surface area contributed by atoms with Crippen molar-refractivity contribution in [3.8, 4) is 0 Å². The third-order valence-corrected chi connectivity index (χ3v) is 4.44. The number of carbonyl (C=O) groups is 2. The Labute approximate surface area is 143 Å². The number of carbonyl (C=O) groups excluding carboxylic acids is 2. The smallest absolute Gasteiger partial charge is 0.311 e. The van der Waals surface area contributed by atoms with Crippen molar-refractivity contribution in [3.63, 3.8) is 0 Å². The molecular weight excluding hydrogens is 331 g/mol. The fourth-order valence-electron chi connectivity index (χ4n) is 2.67. The molecule has 0 amide bonds. The van der Waals surface area contributed by atoms with Crippen molar-refractivity contribution in [1.29, 1.82) is 0 Å². The van der Waals surface area contributed by atoms with Gasteiger partial charge in [-0.3, -0.25) is 9.59 Å². The van der Waals surface area contributed by atoms with Crippen LogP contribution in [0.15, 0.2) is 48.5 Å². The molecule has 120 valence electrons. The molecule has 0 spiro atoms. The van der Waals surface area contributed by atoms with Gasteiger partial charge in [-0.1, -0.05) is 61.0 Å². The first-order valence-electron chi connectivity index (χ1n) is 7.22. The second-order valence-corrected chi connectivity index (χ2v) is 6.05. The number of hydrogen-bond donors (Lipinski definition) is 0. The normalized spacial score (nSPS) is 13.2. The Kier molecular flexibility index (Phi) is 5.92. The number of hydrogen-bond acceptors (Lipinski definition) is 3. The second kappa shape index (κ2) is 7.72. The predicted molar refractivity (Wildman–Crippen MR) is 94.7 cm³/mol. The average molecular weight is 349 g/mol. The molecule has 0 aliphatic heterocycles. The summed E-state index contributed by atoms with van der Waals surface area (Å²) in [4.78, 5) is 25.2. The number of halogens is 1. The SMILES string of the molecule is Cc1cccc(Cl)c1C(=O)C(c1ccccc1)C(C)C(=O)OP. The lowest BCUT2D eigenvalue weighted by molar-refractivity contribution is -0.137.